The second kappa shape index (κ2) is 9.14. The largest absolute Gasteiger partial charge is 0.493 e. The first-order valence-corrected chi connectivity index (χ1v) is 10.8. The first-order chi connectivity index (χ1) is 13.7. The van der Waals surface area contributed by atoms with Gasteiger partial charge in [-0.25, -0.2) is 0 Å². The first-order valence-electron chi connectivity index (χ1n) is 10.8. The lowest BCUT2D eigenvalue weighted by atomic mass is 10.0. The molecular formula is C22H33N3O3. The molecule has 0 spiro atoms. The van der Waals surface area contributed by atoms with Gasteiger partial charge in [-0.1, -0.05) is 12.8 Å². The van der Waals surface area contributed by atoms with E-state index in [1.54, 1.807) is 13.2 Å². The maximum atomic E-state index is 12.5. The molecule has 1 aromatic carbocycles. The van der Waals surface area contributed by atoms with Gasteiger partial charge in [0, 0.05) is 37.3 Å². The van der Waals surface area contributed by atoms with Gasteiger partial charge in [0.1, 0.15) is 6.10 Å². The average molecular weight is 388 g/mol. The fourth-order valence-corrected chi connectivity index (χ4v) is 4.76. The van der Waals surface area contributed by atoms with Crippen molar-refractivity contribution in [1.82, 2.24) is 15.5 Å². The highest BCUT2D eigenvalue weighted by molar-refractivity contribution is 5.95. The van der Waals surface area contributed by atoms with Crippen molar-refractivity contribution in [1.29, 1.82) is 0 Å². The normalized spacial score (nSPS) is 24.4. The Kier molecular flexibility index (Phi) is 6.37. The zero-order valence-corrected chi connectivity index (χ0v) is 16.9. The highest BCUT2D eigenvalue weighted by atomic mass is 16.5. The van der Waals surface area contributed by atoms with Gasteiger partial charge < -0.3 is 25.0 Å². The summed E-state index contributed by atoms with van der Waals surface area (Å²) in [5.41, 5.74) is 0.618. The van der Waals surface area contributed by atoms with E-state index in [1.165, 1.54) is 25.7 Å². The van der Waals surface area contributed by atoms with E-state index < -0.39 is 0 Å². The highest BCUT2D eigenvalue weighted by Gasteiger charge is 2.28. The SMILES string of the molecule is COc1cc(C(=O)N[C@H]2CCNC2)ccc1OC1CCN(C2CCCC2)CC1. The molecule has 3 aliphatic rings. The maximum absolute atomic E-state index is 12.5. The van der Waals surface area contributed by atoms with Gasteiger partial charge >= 0.3 is 0 Å². The van der Waals surface area contributed by atoms with Gasteiger partial charge in [-0.2, -0.15) is 0 Å². The second-order valence-electron chi connectivity index (χ2n) is 8.32. The Balaban J connectivity index is 1.33. The monoisotopic (exact) mass is 387 g/mol. The van der Waals surface area contributed by atoms with E-state index in [1.807, 2.05) is 12.1 Å². The van der Waals surface area contributed by atoms with Crippen LogP contribution >= 0.6 is 0 Å². The van der Waals surface area contributed by atoms with Crippen LogP contribution in [-0.2, 0) is 0 Å². The molecule has 0 aromatic heterocycles. The van der Waals surface area contributed by atoms with Crippen molar-refractivity contribution in [3.05, 3.63) is 23.8 Å². The summed E-state index contributed by atoms with van der Waals surface area (Å²) in [5, 5.41) is 6.34. The minimum absolute atomic E-state index is 0.0524. The van der Waals surface area contributed by atoms with Gasteiger partial charge in [0.25, 0.3) is 5.91 Å². The Hall–Kier alpha value is -1.79. The minimum Gasteiger partial charge on any atom is -0.493 e. The summed E-state index contributed by atoms with van der Waals surface area (Å²) in [6.07, 6.45) is 8.79. The lowest BCUT2D eigenvalue weighted by Crippen LogP contribution is -2.43. The number of carbonyl (C=O) groups excluding carboxylic acids is 1. The summed E-state index contributed by atoms with van der Waals surface area (Å²) in [4.78, 5) is 15.1. The molecule has 2 heterocycles. The van der Waals surface area contributed by atoms with Crippen molar-refractivity contribution in [3.63, 3.8) is 0 Å². The molecule has 1 amide bonds. The number of piperidine rings is 1. The molecule has 4 rings (SSSR count). The van der Waals surface area contributed by atoms with Crippen LogP contribution in [0.3, 0.4) is 0 Å². The molecule has 6 nitrogen and oxygen atoms in total. The number of likely N-dealkylation sites (tertiary alicyclic amines) is 1. The summed E-state index contributed by atoms with van der Waals surface area (Å²) < 4.78 is 11.8. The molecule has 2 N–H and O–H groups in total. The van der Waals surface area contributed by atoms with Crippen molar-refractivity contribution in [3.8, 4) is 11.5 Å². The maximum Gasteiger partial charge on any atom is 0.251 e. The minimum atomic E-state index is -0.0524. The molecule has 3 fully saturated rings. The van der Waals surface area contributed by atoms with E-state index >= 15 is 0 Å². The zero-order chi connectivity index (χ0) is 19.3. The summed E-state index contributed by atoms with van der Waals surface area (Å²) in [6.45, 7) is 4.03. The highest BCUT2D eigenvalue weighted by Crippen LogP contribution is 2.32. The van der Waals surface area contributed by atoms with Crippen molar-refractivity contribution in [2.45, 2.75) is 63.1 Å². The van der Waals surface area contributed by atoms with Crippen LogP contribution < -0.4 is 20.1 Å². The summed E-state index contributed by atoms with van der Waals surface area (Å²) in [6, 6.07) is 6.51. The van der Waals surface area contributed by atoms with Crippen LogP contribution in [-0.4, -0.2) is 62.3 Å². The van der Waals surface area contributed by atoms with Crippen LogP contribution in [0.25, 0.3) is 0 Å². The van der Waals surface area contributed by atoms with Gasteiger partial charge in [0.15, 0.2) is 11.5 Å². The number of benzene rings is 1. The lowest BCUT2D eigenvalue weighted by Gasteiger charge is -2.36. The molecule has 1 aliphatic carbocycles. The van der Waals surface area contributed by atoms with E-state index in [0.717, 1.165) is 57.2 Å². The van der Waals surface area contributed by atoms with Crippen LogP contribution in [0.2, 0.25) is 0 Å². The number of hydrogen-bond acceptors (Lipinski definition) is 5. The zero-order valence-electron chi connectivity index (χ0n) is 16.9. The van der Waals surface area contributed by atoms with Crippen LogP contribution in [0.5, 0.6) is 11.5 Å². The quantitative estimate of drug-likeness (QED) is 0.786. The van der Waals surface area contributed by atoms with Crippen LogP contribution in [0.1, 0.15) is 55.3 Å². The third-order valence-electron chi connectivity index (χ3n) is 6.43. The van der Waals surface area contributed by atoms with Crippen molar-refractivity contribution < 1.29 is 14.3 Å². The van der Waals surface area contributed by atoms with Crippen LogP contribution in [0.4, 0.5) is 0 Å². The molecule has 0 bridgehead atoms. The number of carbonyl (C=O) groups is 1. The Bertz CT molecular complexity index is 661. The third kappa shape index (κ3) is 4.61. The summed E-state index contributed by atoms with van der Waals surface area (Å²) in [7, 11) is 1.63. The number of nitrogens with one attached hydrogen (secondary N) is 2. The molecule has 2 aliphatic heterocycles. The fraction of sp³-hybridized carbons (Fsp3) is 0.682. The molecule has 1 atom stereocenters. The lowest BCUT2D eigenvalue weighted by molar-refractivity contribution is 0.0750. The standard InChI is InChI=1S/C22H33N3O3/c1-27-21-14-16(22(26)24-17-8-11-23-15-17)6-7-20(21)28-19-9-12-25(13-10-19)18-4-2-3-5-18/h6-7,14,17-19,23H,2-5,8-13,15H2,1H3,(H,24,26)/t17-/m0/s1. The van der Waals surface area contributed by atoms with Gasteiger partial charge in [0.05, 0.1) is 7.11 Å². The van der Waals surface area contributed by atoms with Gasteiger partial charge in [-0.05, 0) is 56.8 Å². The van der Waals surface area contributed by atoms with Crippen LogP contribution in [0.15, 0.2) is 18.2 Å². The molecule has 6 heteroatoms. The number of rotatable bonds is 6. The number of ether oxygens (including phenoxy) is 2. The van der Waals surface area contributed by atoms with E-state index in [2.05, 4.69) is 15.5 Å². The second-order valence-corrected chi connectivity index (χ2v) is 8.32. The van der Waals surface area contributed by atoms with E-state index in [4.69, 9.17) is 9.47 Å². The third-order valence-corrected chi connectivity index (χ3v) is 6.43. The van der Waals surface area contributed by atoms with Crippen LogP contribution in [0, 0.1) is 0 Å². The molecule has 28 heavy (non-hydrogen) atoms. The van der Waals surface area contributed by atoms with Gasteiger partial charge in [0.2, 0.25) is 0 Å². The Morgan fingerprint density at radius 1 is 1.11 bits per heavy atom. The predicted molar refractivity (Wildman–Crippen MR) is 109 cm³/mol. The van der Waals surface area contributed by atoms with Gasteiger partial charge in [-0.15, -0.1) is 0 Å². The molecule has 0 unspecified atom stereocenters. The molecular weight excluding hydrogens is 354 g/mol. The number of hydrogen-bond donors (Lipinski definition) is 2. The average Bonchev–Trinajstić information content (AvgIpc) is 3.43. The van der Waals surface area contributed by atoms with E-state index in [-0.39, 0.29) is 18.1 Å². The smallest absolute Gasteiger partial charge is 0.251 e. The molecule has 1 saturated carbocycles. The number of amides is 1. The topological polar surface area (TPSA) is 62.8 Å². The molecule has 1 aromatic rings. The van der Waals surface area contributed by atoms with Gasteiger partial charge in [-0.3, -0.25) is 4.79 Å². The summed E-state index contributed by atoms with van der Waals surface area (Å²) in [5.74, 6) is 1.32. The summed E-state index contributed by atoms with van der Waals surface area (Å²) >= 11 is 0. The van der Waals surface area contributed by atoms with E-state index in [9.17, 15) is 4.79 Å². The number of methoxy groups -OCH3 is 1. The first kappa shape index (κ1) is 19.5. The number of nitrogens with zero attached hydrogens (tertiary/aromatic N) is 1. The Morgan fingerprint density at radius 2 is 1.89 bits per heavy atom. The predicted octanol–water partition coefficient (Wildman–Crippen LogP) is 2.57. The Labute approximate surface area is 168 Å². The van der Waals surface area contributed by atoms with E-state index in [0.29, 0.717) is 11.3 Å². The Morgan fingerprint density at radius 3 is 2.57 bits per heavy atom. The molecule has 2 saturated heterocycles. The molecule has 0 radical (unpaired) electrons. The van der Waals surface area contributed by atoms with Crippen molar-refractivity contribution >= 4 is 5.91 Å². The molecule has 154 valence electrons. The van der Waals surface area contributed by atoms with Crippen molar-refractivity contribution in [2.75, 3.05) is 33.3 Å². The van der Waals surface area contributed by atoms with Crippen molar-refractivity contribution in [2.24, 2.45) is 0 Å². The fourth-order valence-electron chi connectivity index (χ4n) is 4.76.